The van der Waals surface area contributed by atoms with Crippen LogP contribution in [0.3, 0.4) is 0 Å². The molecule has 5 atom stereocenters. The second-order valence-electron chi connectivity index (χ2n) is 9.22. The molecule has 2 saturated carbocycles. The first kappa shape index (κ1) is 19.8. The Morgan fingerprint density at radius 3 is 2.73 bits per heavy atom. The topological polar surface area (TPSA) is 39.2 Å². The Labute approximate surface area is 183 Å². The van der Waals surface area contributed by atoms with E-state index < -0.39 is 0 Å². The quantitative estimate of drug-likeness (QED) is 0.532. The maximum absolute atomic E-state index is 11.9. The summed E-state index contributed by atoms with van der Waals surface area (Å²) in [6.45, 7) is 2.07. The maximum Gasteiger partial charge on any atom is 0.306 e. The van der Waals surface area contributed by atoms with Crippen molar-refractivity contribution in [3.8, 4) is 11.1 Å². The van der Waals surface area contributed by atoms with Gasteiger partial charge in [-0.25, -0.2) is 0 Å². The summed E-state index contributed by atoms with van der Waals surface area (Å²) < 4.78 is 5.68. The van der Waals surface area contributed by atoms with Gasteiger partial charge in [0.1, 0.15) is 6.10 Å². The molecule has 5 unspecified atom stereocenters. The zero-order chi connectivity index (χ0) is 20.7. The van der Waals surface area contributed by atoms with E-state index in [1.807, 2.05) is 18.3 Å². The second-order valence-corrected chi connectivity index (χ2v) is 9.63. The number of ether oxygens (including phenoxy) is 1. The minimum Gasteiger partial charge on any atom is -0.462 e. The van der Waals surface area contributed by atoms with Gasteiger partial charge in [-0.15, -0.1) is 0 Å². The summed E-state index contributed by atoms with van der Waals surface area (Å²) in [5.41, 5.74) is 4.20. The van der Waals surface area contributed by atoms with Crippen LogP contribution in [0.5, 0.6) is 0 Å². The highest BCUT2D eigenvalue weighted by Crippen LogP contribution is 2.51. The first-order valence-corrected chi connectivity index (χ1v) is 11.6. The van der Waals surface area contributed by atoms with E-state index >= 15 is 0 Å². The minimum absolute atomic E-state index is 0.00557. The highest BCUT2D eigenvalue weighted by Gasteiger charge is 2.49. The van der Waals surface area contributed by atoms with E-state index in [9.17, 15) is 4.79 Å². The monoisotopic (exact) mass is 421 g/mol. The van der Waals surface area contributed by atoms with Crippen molar-refractivity contribution in [2.24, 2.45) is 23.7 Å². The van der Waals surface area contributed by atoms with Crippen LogP contribution in [0.4, 0.5) is 0 Å². The number of hydrogen-bond acceptors (Lipinski definition) is 3. The normalized spacial score (nSPS) is 30.7. The smallest absolute Gasteiger partial charge is 0.306 e. The Morgan fingerprint density at radius 2 is 1.93 bits per heavy atom. The Kier molecular flexibility index (Phi) is 5.41. The number of esters is 1. The largest absolute Gasteiger partial charge is 0.462 e. The molecule has 2 aromatic rings. The number of benzene rings is 1. The van der Waals surface area contributed by atoms with E-state index in [0.717, 1.165) is 28.3 Å². The highest BCUT2D eigenvalue weighted by atomic mass is 35.5. The zero-order valence-electron chi connectivity index (χ0n) is 17.4. The highest BCUT2D eigenvalue weighted by molar-refractivity contribution is 6.33. The second kappa shape index (κ2) is 8.19. The first-order valence-electron chi connectivity index (χ1n) is 11.2. The summed E-state index contributed by atoms with van der Waals surface area (Å²) in [4.78, 5) is 16.6. The minimum atomic E-state index is 0.00557. The number of carbonyl (C=O) groups excluding carboxylic acids is 1. The Hall–Kier alpha value is -2.13. The fraction of sp³-hybridized carbons (Fsp3) is 0.462. The summed E-state index contributed by atoms with van der Waals surface area (Å²) in [7, 11) is 0. The van der Waals surface area contributed by atoms with Crippen LogP contribution in [0.25, 0.3) is 17.2 Å². The van der Waals surface area contributed by atoms with Gasteiger partial charge in [-0.05, 0) is 68.2 Å². The van der Waals surface area contributed by atoms with Crippen molar-refractivity contribution < 1.29 is 9.53 Å². The van der Waals surface area contributed by atoms with Gasteiger partial charge in [-0.2, -0.15) is 0 Å². The summed E-state index contributed by atoms with van der Waals surface area (Å²) in [5.74, 6) is 2.23. The molecule has 0 N–H and O–H groups in total. The van der Waals surface area contributed by atoms with Crippen molar-refractivity contribution in [3.05, 3.63) is 58.9 Å². The van der Waals surface area contributed by atoms with Crippen LogP contribution in [0.1, 0.15) is 49.8 Å². The molecule has 4 heteroatoms. The molecule has 3 fully saturated rings. The SMILES string of the molecule is Cc1ccc(Cl)c(-c2ccc(/C=C/C3CC4OC(=O)CC4C4CCCCC34)nc2)c1. The van der Waals surface area contributed by atoms with Crippen LogP contribution in [0.2, 0.25) is 5.02 Å². The van der Waals surface area contributed by atoms with Crippen LogP contribution in [0.15, 0.2) is 42.6 Å². The van der Waals surface area contributed by atoms with Gasteiger partial charge in [0.05, 0.1) is 12.1 Å². The number of pyridine rings is 1. The third kappa shape index (κ3) is 3.80. The number of aryl methyl sites for hydroxylation is 1. The summed E-state index contributed by atoms with van der Waals surface area (Å²) >= 11 is 6.38. The lowest BCUT2D eigenvalue weighted by Gasteiger charge is -2.45. The average Bonchev–Trinajstić information content (AvgIpc) is 3.14. The first-order chi connectivity index (χ1) is 14.6. The van der Waals surface area contributed by atoms with E-state index in [1.165, 1.54) is 31.2 Å². The van der Waals surface area contributed by atoms with Gasteiger partial charge in [0.25, 0.3) is 0 Å². The molecule has 1 aromatic heterocycles. The molecule has 156 valence electrons. The van der Waals surface area contributed by atoms with Crippen molar-refractivity contribution in [1.82, 2.24) is 4.98 Å². The fourth-order valence-electron chi connectivity index (χ4n) is 5.94. The summed E-state index contributed by atoms with van der Waals surface area (Å²) in [6, 6.07) is 10.2. The van der Waals surface area contributed by atoms with Crippen LogP contribution < -0.4 is 0 Å². The lowest BCUT2D eigenvalue weighted by atomic mass is 9.60. The molecule has 0 amide bonds. The van der Waals surface area contributed by atoms with E-state index in [1.54, 1.807) is 0 Å². The Morgan fingerprint density at radius 1 is 1.10 bits per heavy atom. The van der Waals surface area contributed by atoms with E-state index in [-0.39, 0.29) is 12.1 Å². The Balaban J connectivity index is 1.34. The lowest BCUT2D eigenvalue weighted by molar-refractivity contribution is -0.143. The number of aromatic nitrogens is 1. The van der Waals surface area contributed by atoms with Crippen molar-refractivity contribution in [3.63, 3.8) is 0 Å². The number of nitrogens with zero attached hydrogens (tertiary/aromatic N) is 1. The van der Waals surface area contributed by atoms with Gasteiger partial charge in [0.15, 0.2) is 0 Å². The number of carbonyl (C=O) groups is 1. The molecule has 0 spiro atoms. The van der Waals surface area contributed by atoms with E-state index in [4.69, 9.17) is 16.3 Å². The zero-order valence-corrected chi connectivity index (χ0v) is 18.1. The van der Waals surface area contributed by atoms with Crippen molar-refractivity contribution >= 4 is 23.6 Å². The van der Waals surface area contributed by atoms with Gasteiger partial charge in [0.2, 0.25) is 0 Å². The predicted molar refractivity (Wildman–Crippen MR) is 120 cm³/mol. The Bertz CT molecular complexity index is 967. The van der Waals surface area contributed by atoms with Gasteiger partial charge in [-0.1, -0.05) is 48.2 Å². The molecule has 30 heavy (non-hydrogen) atoms. The number of rotatable bonds is 3. The molecule has 0 radical (unpaired) electrons. The summed E-state index contributed by atoms with van der Waals surface area (Å²) in [5, 5.41) is 0.747. The molecule has 0 bridgehead atoms. The third-order valence-corrected chi connectivity index (χ3v) is 7.70. The molecule has 2 heterocycles. The summed E-state index contributed by atoms with van der Waals surface area (Å²) in [6.07, 6.45) is 13.2. The molecule has 3 nitrogen and oxygen atoms in total. The van der Waals surface area contributed by atoms with Crippen molar-refractivity contribution in [1.29, 1.82) is 0 Å². The molecular formula is C26H28ClNO2. The molecule has 5 rings (SSSR count). The molecule has 3 aliphatic rings. The van der Waals surface area contributed by atoms with Crippen molar-refractivity contribution in [2.45, 2.75) is 51.6 Å². The average molecular weight is 422 g/mol. The van der Waals surface area contributed by atoms with Crippen LogP contribution >= 0.6 is 11.6 Å². The number of hydrogen-bond donors (Lipinski definition) is 0. The van der Waals surface area contributed by atoms with E-state index in [2.05, 4.69) is 42.3 Å². The lowest BCUT2D eigenvalue weighted by Crippen LogP contribution is -2.42. The molecule has 1 aromatic carbocycles. The van der Waals surface area contributed by atoms with Crippen LogP contribution in [-0.4, -0.2) is 17.1 Å². The van der Waals surface area contributed by atoms with Gasteiger partial charge in [0, 0.05) is 28.3 Å². The molecule has 2 aliphatic carbocycles. The van der Waals surface area contributed by atoms with Crippen LogP contribution in [-0.2, 0) is 9.53 Å². The van der Waals surface area contributed by atoms with E-state index in [0.29, 0.717) is 30.1 Å². The fourth-order valence-corrected chi connectivity index (χ4v) is 6.17. The third-order valence-electron chi connectivity index (χ3n) is 7.38. The van der Waals surface area contributed by atoms with Gasteiger partial charge in [-0.3, -0.25) is 9.78 Å². The predicted octanol–water partition coefficient (Wildman–Crippen LogP) is 6.48. The number of halogens is 1. The van der Waals surface area contributed by atoms with Gasteiger partial charge >= 0.3 is 5.97 Å². The van der Waals surface area contributed by atoms with Gasteiger partial charge < -0.3 is 4.74 Å². The van der Waals surface area contributed by atoms with Crippen molar-refractivity contribution in [2.75, 3.05) is 0 Å². The number of allylic oxidation sites excluding steroid dienone is 1. The molecule has 1 saturated heterocycles. The standard InChI is InChI=1S/C26H28ClNO2/c1-16-6-11-24(27)22(12-16)18-8-10-19(28-15-18)9-7-17-13-25-23(14-26(29)30-25)21-5-3-2-4-20(17)21/h6-12,15,17,20-21,23,25H,2-5,13-14H2,1H3/b9-7+. The maximum atomic E-state index is 11.9. The number of fused-ring (bicyclic) bond motifs is 3. The molecular weight excluding hydrogens is 394 g/mol. The molecule has 1 aliphatic heterocycles. The van der Waals surface area contributed by atoms with Crippen LogP contribution in [0, 0.1) is 30.6 Å².